The van der Waals surface area contributed by atoms with Crippen molar-refractivity contribution >= 4 is 17.9 Å². The van der Waals surface area contributed by atoms with Crippen molar-refractivity contribution in [3.05, 3.63) is 0 Å². The molecule has 1 aliphatic carbocycles. The highest BCUT2D eigenvalue weighted by atomic mass is 16.6. The maximum atomic E-state index is 12.5. The third kappa shape index (κ3) is 5.11. The molecule has 1 atom stereocenters. The van der Waals surface area contributed by atoms with Crippen molar-refractivity contribution in [2.75, 3.05) is 39.3 Å². The Hall–Kier alpha value is -1.79. The van der Waals surface area contributed by atoms with Crippen molar-refractivity contribution in [3.8, 4) is 0 Å². The fourth-order valence-corrected chi connectivity index (χ4v) is 4.25. The van der Waals surface area contributed by atoms with Gasteiger partial charge in [0.15, 0.2) is 0 Å². The molecule has 0 aromatic rings. The number of piperidine rings is 1. The first-order valence-corrected chi connectivity index (χ1v) is 10.1. The van der Waals surface area contributed by atoms with Gasteiger partial charge in [-0.15, -0.1) is 0 Å². The number of cyclic esters (lactones) is 1. The van der Waals surface area contributed by atoms with Gasteiger partial charge in [0.05, 0.1) is 12.5 Å². The fourth-order valence-electron chi connectivity index (χ4n) is 4.25. The third-order valence-electron chi connectivity index (χ3n) is 5.81. The van der Waals surface area contributed by atoms with Gasteiger partial charge >= 0.3 is 6.09 Å². The van der Waals surface area contributed by atoms with Gasteiger partial charge in [-0.1, -0.05) is 19.3 Å². The SMILES string of the molecule is O=C(NCCN1CCCOC1=O)C1CCC(=O)N(CC2CCCCC2)C1. The average Bonchev–Trinajstić information content (AvgIpc) is 2.66. The molecule has 0 radical (unpaired) electrons. The Morgan fingerprint density at radius 2 is 1.88 bits per heavy atom. The first-order valence-electron chi connectivity index (χ1n) is 10.1. The van der Waals surface area contributed by atoms with Crippen molar-refractivity contribution in [2.45, 2.75) is 51.4 Å². The molecule has 1 saturated carbocycles. The Kier molecular flexibility index (Phi) is 6.74. The molecule has 3 aliphatic rings. The summed E-state index contributed by atoms with van der Waals surface area (Å²) in [6, 6.07) is 0. The molecule has 3 fully saturated rings. The molecule has 0 aromatic heterocycles. The zero-order valence-electron chi connectivity index (χ0n) is 15.6. The lowest BCUT2D eigenvalue weighted by molar-refractivity contribution is -0.139. The lowest BCUT2D eigenvalue weighted by atomic mass is 9.87. The van der Waals surface area contributed by atoms with Crippen LogP contribution in [0.3, 0.4) is 0 Å². The van der Waals surface area contributed by atoms with Crippen molar-refractivity contribution < 1.29 is 19.1 Å². The highest BCUT2D eigenvalue weighted by Gasteiger charge is 2.31. The van der Waals surface area contributed by atoms with Gasteiger partial charge in [-0.3, -0.25) is 9.59 Å². The van der Waals surface area contributed by atoms with Crippen LogP contribution in [0.15, 0.2) is 0 Å². The quantitative estimate of drug-likeness (QED) is 0.778. The first kappa shape index (κ1) is 19.0. The van der Waals surface area contributed by atoms with Crippen LogP contribution in [0.25, 0.3) is 0 Å². The third-order valence-corrected chi connectivity index (χ3v) is 5.81. The number of likely N-dealkylation sites (tertiary alicyclic amines) is 1. The number of hydrogen-bond acceptors (Lipinski definition) is 4. The molecule has 0 bridgehead atoms. The Bertz CT molecular complexity index is 519. The minimum Gasteiger partial charge on any atom is -0.449 e. The number of nitrogens with one attached hydrogen (secondary N) is 1. The number of ether oxygens (including phenoxy) is 1. The van der Waals surface area contributed by atoms with Crippen LogP contribution in [0.4, 0.5) is 4.79 Å². The average molecular weight is 365 g/mol. The molecule has 7 heteroatoms. The monoisotopic (exact) mass is 365 g/mol. The van der Waals surface area contributed by atoms with E-state index in [1.165, 1.54) is 32.1 Å². The molecule has 1 unspecified atom stereocenters. The summed E-state index contributed by atoms with van der Waals surface area (Å²) >= 11 is 0. The Morgan fingerprint density at radius 1 is 1.08 bits per heavy atom. The molecule has 2 saturated heterocycles. The topological polar surface area (TPSA) is 79.0 Å². The van der Waals surface area contributed by atoms with Crippen LogP contribution in [-0.2, 0) is 14.3 Å². The number of amides is 3. The predicted octanol–water partition coefficient (Wildman–Crippen LogP) is 1.76. The summed E-state index contributed by atoms with van der Waals surface area (Å²) in [5, 5.41) is 2.93. The highest BCUT2D eigenvalue weighted by molar-refractivity contribution is 5.83. The second-order valence-corrected chi connectivity index (χ2v) is 7.78. The van der Waals surface area contributed by atoms with E-state index in [1.54, 1.807) is 4.90 Å². The molecule has 1 N–H and O–H groups in total. The number of nitrogens with zero attached hydrogens (tertiary/aromatic N) is 2. The summed E-state index contributed by atoms with van der Waals surface area (Å²) in [4.78, 5) is 39.8. The normalized spacial score (nSPS) is 25.2. The molecule has 2 aliphatic heterocycles. The van der Waals surface area contributed by atoms with Crippen LogP contribution < -0.4 is 5.32 Å². The van der Waals surface area contributed by atoms with Crippen molar-refractivity contribution in [2.24, 2.45) is 11.8 Å². The van der Waals surface area contributed by atoms with Crippen LogP contribution in [0.5, 0.6) is 0 Å². The minimum atomic E-state index is -0.299. The van der Waals surface area contributed by atoms with Gasteiger partial charge in [0.25, 0.3) is 0 Å². The number of hydrogen-bond donors (Lipinski definition) is 1. The summed E-state index contributed by atoms with van der Waals surface area (Å²) < 4.78 is 4.99. The standard InChI is InChI=1S/C19H31N3O4/c23-17-8-7-16(14-22(17)13-15-5-2-1-3-6-15)18(24)20-9-11-21-10-4-12-26-19(21)25/h15-16H,1-14H2,(H,20,24). The molecule has 0 spiro atoms. The van der Waals surface area contributed by atoms with E-state index < -0.39 is 0 Å². The zero-order chi connectivity index (χ0) is 18.4. The van der Waals surface area contributed by atoms with Gasteiger partial charge in [0, 0.05) is 39.1 Å². The van der Waals surface area contributed by atoms with Crippen LogP contribution in [0.1, 0.15) is 51.4 Å². The molecule has 146 valence electrons. The van der Waals surface area contributed by atoms with Crippen molar-refractivity contribution in [1.82, 2.24) is 15.1 Å². The highest BCUT2D eigenvalue weighted by Crippen LogP contribution is 2.27. The molecule has 3 amide bonds. The van der Waals surface area contributed by atoms with E-state index in [1.807, 2.05) is 4.90 Å². The van der Waals surface area contributed by atoms with E-state index in [4.69, 9.17) is 4.74 Å². The number of carbonyl (C=O) groups excluding carboxylic acids is 3. The number of rotatable bonds is 6. The molecule has 2 heterocycles. The van der Waals surface area contributed by atoms with E-state index in [-0.39, 0.29) is 23.8 Å². The van der Waals surface area contributed by atoms with Crippen LogP contribution >= 0.6 is 0 Å². The van der Waals surface area contributed by atoms with Crippen molar-refractivity contribution in [3.63, 3.8) is 0 Å². The zero-order valence-corrected chi connectivity index (χ0v) is 15.6. The van der Waals surface area contributed by atoms with E-state index in [0.717, 1.165) is 13.0 Å². The largest absolute Gasteiger partial charge is 0.449 e. The van der Waals surface area contributed by atoms with Gasteiger partial charge < -0.3 is 19.9 Å². The molecular formula is C19H31N3O4. The van der Waals surface area contributed by atoms with Gasteiger partial charge in [-0.2, -0.15) is 0 Å². The lowest BCUT2D eigenvalue weighted by Crippen LogP contribution is -2.49. The first-order chi connectivity index (χ1) is 12.6. The van der Waals surface area contributed by atoms with Crippen LogP contribution in [-0.4, -0.2) is 67.0 Å². The smallest absolute Gasteiger partial charge is 0.409 e. The summed E-state index contributed by atoms with van der Waals surface area (Å²) in [6.07, 6.45) is 7.85. The van der Waals surface area contributed by atoms with Crippen LogP contribution in [0, 0.1) is 11.8 Å². The van der Waals surface area contributed by atoms with Gasteiger partial charge in [0.2, 0.25) is 11.8 Å². The minimum absolute atomic E-state index is 0.00322. The van der Waals surface area contributed by atoms with E-state index in [2.05, 4.69) is 5.32 Å². The Labute approximate surface area is 155 Å². The van der Waals surface area contributed by atoms with Gasteiger partial charge in [0.1, 0.15) is 0 Å². The maximum absolute atomic E-state index is 12.5. The van der Waals surface area contributed by atoms with E-state index in [9.17, 15) is 14.4 Å². The lowest BCUT2D eigenvalue weighted by Gasteiger charge is -2.35. The van der Waals surface area contributed by atoms with E-state index >= 15 is 0 Å². The Balaban J connectivity index is 1.41. The molecule has 0 aromatic carbocycles. The molecule has 3 rings (SSSR count). The van der Waals surface area contributed by atoms with Gasteiger partial charge in [-0.05, 0) is 31.6 Å². The van der Waals surface area contributed by atoms with E-state index in [0.29, 0.717) is 51.5 Å². The second-order valence-electron chi connectivity index (χ2n) is 7.78. The van der Waals surface area contributed by atoms with Crippen LogP contribution in [0.2, 0.25) is 0 Å². The Morgan fingerprint density at radius 3 is 2.65 bits per heavy atom. The molecule has 26 heavy (non-hydrogen) atoms. The van der Waals surface area contributed by atoms with Gasteiger partial charge in [-0.25, -0.2) is 4.79 Å². The summed E-state index contributed by atoms with van der Waals surface area (Å²) in [6.45, 7) is 3.41. The summed E-state index contributed by atoms with van der Waals surface area (Å²) in [5.74, 6) is 0.649. The fraction of sp³-hybridized carbons (Fsp3) is 0.842. The summed E-state index contributed by atoms with van der Waals surface area (Å²) in [7, 11) is 0. The summed E-state index contributed by atoms with van der Waals surface area (Å²) in [5.41, 5.74) is 0. The molecule has 7 nitrogen and oxygen atoms in total. The number of carbonyl (C=O) groups is 3. The molecular weight excluding hydrogens is 334 g/mol. The predicted molar refractivity (Wildman–Crippen MR) is 96.4 cm³/mol. The van der Waals surface area contributed by atoms with Crippen molar-refractivity contribution in [1.29, 1.82) is 0 Å². The maximum Gasteiger partial charge on any atom is 0.409 e. The second kappa shape index (κ2) is 9.24.